The highest BCUT2D eigenvalue weighted by atomic mass is 16.6. The van der Waals surface area contributed by atoms with E-state index in [0.29, 0.717) is 0 Å². The number of methoxy groups -OCH3 is 1. The second-order valence-electron chi connectivity index (χ2n) is 6.81. The van der Waals surface area contributed by atoms with Crippen molar-refractivity contribution in [1.82, 2.24) is 0 Å². The number of unbranched alkanes of at least 4 members (excludes halogenated alkanes) is 5. The topological polar surface area (TPSA) is 35.5 Å². The van der Waals surface area contributed by atoms with Crippen LogP contribution in [0.1, 0.15) is 71.3 Å². The number of esters is 1. The van der Waals surface area contributed by atoms with Crippen molar-refractivity contribution < 1.29 is 14.3 Å². The molecule has 1 rings (SSSR count). The van der Waals surface area contributed by atoms with E-state index >= 15 is 0 Å². The highest BCUT2D eigenvalue weighted by Gasteiger charge is 2.21. The summed E-state index contributed by atoms with van der Waals surface area (Å²) in [7, 11) is 1.63. The maximum absolute atomic E-state index is 12.0. The molecule has 0 unspecified atom stereocenters. The Labute approximate surface area is 147 Å². The normalized spacial score (nSPS) is 11.7. The van der Waals surface area contributed by atoms with Gasteiger partial charge in [0.15, 0.2) is 0 Å². The molecule has 0 fully saturated rings. The number of rotatable bonds is 11. The minimum atomic E-state index is -0.411. The molecule has 0 atom stereocenters. The Bertz CT molecular complexity index is 500. The van der Waals surface area contributed by atoms with Gasteiger partial charge in [-0.25, -0.2) is 4.79 Å². The molecular weight excluding hydrogens is 300 g/mol. The van der Waals surface area contributed by atoms with E-state index in [-0.39, 0.29) is 5.97 Å². The first-order chi connectivity index (χ1) is 11.5. The van der Waals surface area contributed by atoms with Gasteiger partial charge < -0.3 is 9.47 Å². The fourth-order valence-electron chi connectivity index (χ4n) is 2.57. The number of carbonyl (C=O) groups excluding carboxylic acids is 1. The third-order valence-corrected chi connectivity index (χ3v) is 4.04. The lowest BCUT2D eigenvalue weighted by Crippen LogP contribution is -2.27. The number of hydrogen-bond acceptors (Lipinski definition) is 3. The molecule has 134 valence electrons. The molecule has 0 N–H and O–H groups in total. The van der Waals surface area contributed by atoms with E-state index in [4.69, 9.17) is 9.47 Å². The highest BCUT2D eigenvalue weighted by molar-refractivity contribution is 5.87. The summed E-state index contributed by atoms with van der Waals surface area (Å²) in [4.78, 5) is 12.0. The smallest absolute Gasteiger partial charge is 0.331 e. The molecule has 0 radical (unpaired) electrons. The van der Waals surface area contributed by atoms with Crippen molar-refractivity contribution in [1.29, 1.82) is 0 Å². The predicted octanol–water partition coefficient (Wildman–Crippen LogP) is 5.78. The summed E-state index contributed by atoms with van der Waals surface area (Å²) < 4.78 is 10.7. The van der Waals surface area contributed by atoms with Crippen LogP contribution in [0.3, 0.4) is 0 Å². The Balaban J connectivity index is 2.34. The van der Waals surface area contributed by atoms with E-state index in [1.54, 1.807) is 13.2 Å². The van der Waals surface area contributed by atoms with Gasteiger partial charge in [-0.2, -0.15) is 0 Å². The molecule has 24 heavy (non-hydrogen) atoms. The van der Waals surface area contributed by atoms with Crippen LogP contribution < -0.4 is 4.74 Å². The lowest BCUT2D eigenvalue weighted by molar-refractivity contribution is -0.150. The molecule has 3 heteroatoms. The van der Waals surface area contributed by atoms with Gasteiger partial charge in [0.2, 0.25) is 0 Å². The van der Waals surface area contributed by atoms with Crippen molar-refractivity contribution in [3.05, 3.63) is 35.9 Å². The summed E-state index contributed by atoms with van der Waals surface area (Å²) in [6, 6.07) is 7.55. The van der Waals surface area contributed by atoms with Gasteiger partial charge in [0.05, 0.1) is 7.11 Å². The zero-order valence-corrected chi connectivity index (χ0v) is 15.6. The number of ether oxygens (including phenoxy) is 2. The summed E-state index contributed by atoms with van der Waals surface area (Å²) in [6.45, 7) is 6.19. The average Bonchev–Trinajstić information content (AvgIpc) is 2.56. The fourth-order valence-corrected chi connectivity index (χ4v) is 2.57. The molecule has 1 aromatic rings. The minimum absolute atomic E-state index is 0.290. The Morgan fingerprint density at radius 2 is 1.67 bits per heavy atom. The van der Waals surface area contributed by atoms with Crippen LogP contribution in [0, 0.1) is 0 Å². The third kappa shape index (κ3) is 8.76. The van der Waals surface area contributed by atoms with Crippen molar-refractivity contribution in [2.75, 3.05) is 7.11 Å². The second kappa shape index (κ2) is 10.9. The molecule has 0 spiro atoms. The Morgan fingerprint density at radius 3 is 2.29 bits per heavy atom. The van der Waals surface area contributed by atoms with Gasteiger partial charge in [0.1, 0.15) is 11.4 Å². The SMILES string of the molecule is CCCCCCCCC(C)(C)OC(=O)C=Cc1ccc(OC)cc1. The zero-order chi connectivity index (χ0) is 17.8. The molecule has 3 nitrogen and oxygen atoms in total. The molecule has 0 saturated heterocycles. The van der Waals surface area contributed by atoms with Crippen molar-refractivity contribution in [3.63, 3.8) is 0 Å². The van der Waals surface area contributed by atoms with Gasteiger partial charge in [0.25, 0.3) is 0 Å². The van der Waals surface area contributed by atoms with E-state index < -0.39 is 5.60 Å². The molecular formula is C21H32O3. The van der Waals surface area contributed by atoms with Crippen LogP contribution in [0.5, 0.6) is 5.75 Å². The van der Waals surface area contributed by atoms with E-state index in [1.807, 2.05) is 38.1 Å². The van der Waals surface area contributed by atoms with Gasteiger partial charge in [0, 0.05) is 6.08 Å². The van der Waals surface area contributed by atoms with Crippen molar-refractivity contribution in [2.24, 2.45) is 0 Å². The van der Waals surface area contributed by atoms with E-state index in [9.17, 15) is 4.79 Å². The summed E-state index contributed by atoms with van der Waals surface area (Å²) in [5, 5.41) is 0. The molecule has 0 heterocycles. The second-order valence-corrected chi connectivity index (χ2v) is 6.81. The van der Waals surface area contributed by atoms with E-state index in [1.165, 1.54) is 38.2 Å². The zero-order valence-electron chi connectivity index (χ0n) is 15.6. The van der Waals surface area contributed by atoms with Gasteiger partial charge in [-0.15, -0.1) is 0 Å². The minimum Gasteiger partial charge on any atom is -0.497 e. The summed E-state index contributed by atoms with van der Waals surface area (Å²) in [5.74, 6) is 0.511. The molecule has 0 aromatic heterocycles. The Hall–Kier alpha value is -1.77. The number of carbonyl (C=O) groups is 1. The van der Waals surface area contributed by atoms with Crippen LogP contribution in [0.15, 0.2) is 30.3 Å². The first-order valence-electron chi connectivity index (χ1n) is 9.02. The highest BCUT2D eigenvalue weighted by Crippen LogP contribution is 2.20. The van der Waals surface area contributed by atoms with Gasteiger partial charge in [-0.3, -0.25) is 0 Å². The Morgan fingerprint density at radius 1 is 1.04 bits per heavy atom. The standard InChI is InChI=1S/C21H32O3/c1-5-6-7-8-9-10-17-21(2,3)24-20(22)16-13-18-11-14-19(23-4)15-12-18/h11-16H,5-10,17H2,1-4H3. The van der Waals surface area contributed by atoms with Gasteiger partial charge >= 0.3 is 5.97 Å². The van der Waals surface area contributed by atoms with Crippen LogP contribution in [0.4, 0.5) is 0 Å². The van der Waals surface area contributed by atoms with Crippen LogP contribution in [0.25, 0.3) is 6.08 Å². The molecule has 0 saturated carbocycles. The molecule has 0 aliphatic heterocycles. The molecule has 0 aliphatic carbocycles. The first kappa shape index (κ1) is 20.3. The summed E-state index contributed by atoms with van der Waals surface area (Å²) in [6.07, 6.45) is 11.6. The third-order valence-electron chi connectivity index (χ3n) is 4.04. The predicted molar refractivity (Wildman–Crippen MR) is 100 cm³/mol. The molecule has 1 aromatic carbocycles. The maximum Gasteiger partial charge on any atom is 0.331 e. The fraction of sp³-hybridized carbons (Fsp3) is 0.571. The maximum atomic E-state index is 12.0. The molecule has 0 aliphatic rings. The number of hydrogen-bond donors (Lipinski definition) is 0. The van der Waals surface area contributed by atoms with Gasteiger partial charge in [-0.1, -0.05) is 51.2 Å². The largest absolute Gasteiger partial charge is 0.497 e. The van der Waals surface area contributed by atoms with Crippen molar-refractivity contribution >= 4 is 12.0 Å². The average molecular weight is 332 g/mol. The van der Waals surface area contributed by atoms with Crippen LogP contribution in [-0.4, -0.2) is 18.7 Å². The summed E-state index contributed by atoms with van der Waals surface area (Å²) in [5.41, 5.74) is 0.535. The van der Waals surface area contributed by atoms with Gasteiger partial charge in [-0.05, 0) is 50.5 Å². The van der Waals surface area contributed by atoms with Crippen LogP contribution in [0.2, 0.25) is 0 Å². The van der Waals surface area contributed by atoms with Crippen molar-refractivity contribution in [2.45, 2.75) is 71.3 Å². The van der Waals surface area contributed by atoms with Crippen molar-refractivity contribution in [3.8, 4) is 5.75 Å². The van der Waals surface area contributed by atoms with E-state index in [2.05, 4.69) is 6.92 Å². The monoisotopic (exact) mass is 332 g/mol. The van der Waals surface area contributed by atoms with E-state index in [0.717, 1.165) is 24.2 Å². The van der Waals surface area contributed by atoms with Crippen LogP contribution in [-0.2, 0) is 9.53 Å². The quantitative estimate of drug-likeness (QED) is 0.293. The Kier molecular flexibility index (Phi) is 9.21. The number of benzene rings is 1. The first-order valence-corrected chi connectivity index (χ1v) is 9.02. The molecule has 0 amide bonds. The summed E-state index contributed by atoms with van der Waals surface area (Å²) >= 11 is 0. The lowest BCUT2D eigenvalue weighted by atomic mass is 9.99. The van der Waals surface area contributed by atoms with Crippen LogP contribution >= 0.6 is 0 Å². The lowest BCUT2D eigenvalue weighted by Gasteiger charge is -2.24. The molecule has 0 bridgehead atoms.